The van der Waals surface area contributed by atoms with Crippen LogP contribution in [0, 0.1) is 11.6 Å². The maximum atomic E-state index is 13.1. The number of rotatable bonds is 3. The van der Waals surface area contributed by atoms with Crippen molar-refractivity contribution in [3.05, 3.63) is 65.7 Å². The second-order valence-electron chi connectivity index (χ2n) is 4.96. The average Bonchev–Trinajstić information content (AvgIpc) is 2.93. The average molecular weight is 287 g/mol. The SMILES string of the molecule is NCC1=NN(c2ccc(F)cc2)C(c2ccc(F)cc2)C1. The van der Waals surface area contributed by atoms with Gasteiger partial charge in [0.15, 0.2) is 0 Å². The standard InChI is InChI=1S/C16H15F2N3/c17-12-3-1-11(2-4-12)16-9-14(10-19)20-21(16)15-7-5-13(18)6-8-15/h1-8,16H,9-10,19H2. The number of hydrogen-bond acceptors (Lipinski definition) is 3. The molecule has 1 aliphatic heterocycles. The van der Waals surface area contributed by atoms with Crippen LogP contribution in [0.2, 0.25) is 0 Å². The maximum Gasteiger partial charge on any atom is 0.123 e. The molecule has 2 aromatic carbocycles. The Morgan fingerprint density at radius 2 is 1.57 bits per heavy atom. The quantitative estimate of drug-likeness (QED) is 0.941. The Morgan fingerprint density at radius 3 is 2.14 bits per heavy atom. The van der Waals surface area contributed by atoms with E-state index in [0.29, 0.717) is 13.0 Å². The molecule has 0 aromatic heterocycles. The lowest BCUT2D eigenvalue weighted by atomic mass is 10.0. The van der Waals surface area contributed by atoms with Crippen molar-refractivity contribution in [2.24, 2.45) is 10.8 Å². The van der Waals surface area contributed by atoms with E-state index in [2.05, 4.69) is 5.10 Å². The van der Waals surface area contributed by atoms with Crippen LogP contribution in [0.3, 0.4) is 0 Å². The molecule has 21 heavy (non-hydrogen) atoms. The van der Waals surface area contributed by atoms with E-state index in [4.69, 9.17) is 5.73 Å². The third kappa shape index (κ3) is 2.78. The molecule has 0 amide bonds. The molecule has 1 aliphatic rings. The number of nitrogens with two attached hydrogens (primary N) is 1. The van der Waals surface area contributed by atoms with Gasteiger partial charge in [-0.15, -0.1) is 0 Å². The minimum atomic E-state index is -0.292. The summed E-state index contributed by atoms with van der Waals surface area (Å²) in [6.45, 7) is 0.370. The molecule has 3 rings (SSSR count). The summed E-state index contributed by atoms with van der Waals surface area (Å²) < 4.78 is 26.1. The zero-order valence-corrected chi connectivity index (χ0v) is 11.3. The van der Waals surface area contributed by atoms with Crippen molar-refractivity contribution in [1.29, 1.82) is 0 Å². The molecule has 2 aromatic rings. The number of hydrogen-bond donors (Lipinski definition) is 1. The summed E-state index contributed by atoms with van der Waals surface area (Å²) in [5.74, 6) is -0.565. The molecule has 0 radical (unpaired) electrons. The highest BCUT2D eigenvalue weighted by atomic mass is 19.1. The van der Waals surface area contributed by atoms with Gasteiger partial charge in [0.25, 0.3) is 0 Å². The van der Waals surface area contributed by atoms with Crippen LogP contribution in [0.4, 0.5) is 14.5 Å². The molecule has 0 aliphatic carbocycles. The van der Waals surface area contributed by atoms with Crippen LogP contribution >= 0.6 is 0 Å². The van der Waals surface area contributed by atoms with E-state index in [1.807, 2.05) is 5.01 Å². The molecular formula is C16H15F2N3. The predicted octanol–water partition coefficient (Wildman–Crippen LogP) is 3.23. The Balaban J connectivity index is 1.95. The van der Waals surface area contributed by atoms with Crippen molar-refractivity contribution in [2.75, 3.05) is 11.6 Å². The maximum absolute atomic E-state index is 13.1. The Labute approximate surface area is 121 Å². The summed E-state index contributed by atoms with van der Waals surface area (Å²) in [4.78, 5) is 0. The lowest BCUT2D eigenvalue weighted by Gasteiger charge is -2.24. The molecular weight excluding hydrogens is 272 g/mol. The van der Waals surface area contributed by atoms with Crippen molar-refractivity contribution >= 4 is 11.4 Å². The normalized spacial score (nSPS) is 18.0. The van der Waals surface area contributed by atoms with Crippen molar-refractivity contribution in [3.63, 3.8) is 0 Å². The smallest absolute Gasteiger partial charge is 0.123 e. The summed E-state index contributed by atoms with van der Waals surface area (Å²) in [5, 5.41) is 6.31. The van der Waals surface area contributed by atoms with Gasteiger partial charge < -0.3 is 5.73 Å². The minimum absolute atomic E-state index is 0.0467. The van der Waals surface area contributed by atoms with Crippen molar-refractivity contribution < 1.29 is 8.78 Å². The van der Waals surface area contributed by atoms with E-state index >= 15 is 0 Å². The highest BCUT2D eigenvalue weighted by Crippen LogP contribution is 2.35. The van der Waals surface area contributed by atoms with Crippen LogP contribution in [-0.2, 0) is 0 Å². The van der Waals surface area contributed by atoms with E-state index in [-0.39, 0.29) is 17.7 Å². The lowest BCUT2D eigenvalue weighted by molar-refractivity contribution is 0.622. The molecule has 2 N–H and O–H groups in total. The molecule has 1 atom stereocenters. The Morgan fingerprint density at radius 1 is 1.00 bits per heavy atom. The summed E-state index contributed by atoms with van der Waals surface area (Å²) in [6, 6.07) is 12.4. The van der Waals surface area contributed by atoms with Gasteiger partial charge in [-0.05, 0) is 42.0 Å². The third-order valence-corrected chi connectivity index (χ3v) is 3.55. The van der Waals surface area contributed by atoms with E-state index in [1.54, 1.807) is 24.3 Å². The van der Waals surface area contributed by atoms with Gasteiger partial charge in [-0.1, -0.05) is 12.1 Å². The number of anilines is 1. The third-order valence-electron chi connectivity index (χ3n) is 3.55. The molecule has 5 heteroatoms. The topological polar surface area (TPSA) is 41.6 Å². The molecule has 0 fully saturated rings. The molecule has 0 saturated heterocycles. The Kier molecular flexibility index (Phi) is 3.66. The van der Waals surface area contributed by atoms with Crippen LogP contribution < -0.4 is 10.7 Å². The van der Waals surface area contributed by atoms with Crippen molar-refractivity contribution in [1.82, 2.24) is 0 Å². The highest BCUT2D eigenvalue weighted by molar-refractivity contribution is 5.90. The number of halogens is 2. The Bertz CT molecular complexity index is 650. The summed E-state index contributed by atoms with van der Waals surface area (Å²) >= 11 is 0. The van der Waals surface area contributed by atoms with Crippen LogP contribution in [0.5, 0.6) is 0 Å². The van der Waals surface area contributed by atoms with E-state index in [9.17, 15) is 8.78 Å². The first kappa shape index (κ1) is 13.7. The van der Waals surface area contributed by atoms with Crippen molar-refractivity contribution in [2.45, 2.75) is 12.5 Å². The monoisotopic (exact) mass is 287 g/mol. The first-order chi connectivity index (χ1) is 10.2. The summed E-state index contributed by atoms with van der Waals surface area (Å²) in [7, 11) is 0. The molecule has 1 heterocycles. The zero-order valence-electron chi connectivity index (χ0n) is 11.3. The molecule has 0 bridgehead atoms. The molecule has 108 valence electrons. The predicted molar refractivity (Wildman–Crippen MR) is 79.1 cm³/mol. The molecule has 3 nitrogen and oxygen atoms in total. The van der Waals surface area contributed by atoms with E-state index in [1.165, 1.54) is 24.3 Å². The largest absolute Gasteiger partial charge is 0.325 e. The summed E-state index contributed by atoms with van der Waals surface area (Å²) in [6.07, 6.45) is 0.680. The van der Waals surface area contributed by atoms with Gasteiger partial charge in [-0.25, -0.2) is 8.78 Å². The van der Waals surface area contributed by atoms with Crippen LogP contribution in [0.1, 0.15) is 18.0 Å². The van der Waals surface area contributed by atoms with Gasteiger partial charge in [0, 0.05) is 13.0 Å². The van der Waals surface area contributed by atoms with Gasteiger partial charge >= 0.3 is 0 Å². The number of nitrogens with zero attached hydrogens (tertiary/aromatic N) is 2. The van der Waals surface area contributed by atoms with Crippen LogP contribution in [0.15, 0.2) is 53.6 Å². The van der Waals surface area contributed by atoms with Crippen molar-refractivity contribution in [3.8, 4) is 0 Å². The lowest BCUT2D eigenvalue weighted by Crippen LogP contribution is -2.18. The molecule has 0 spiro atoms. The van der Waals surface area contributed by atoms with E-state index in [0.717, 1.165) is 17.0 Å². The second-order valence-corrected chi connectivity index (χ2v) is 4.96. The van der Waals surface area contributed by atoms with Gasteiger partial charge in [0.1, 0.15) is 11.6 Å². The van der Waals surface area contributed by atoms with E-state index < -0.39 is 0 Å². The van der Waals surface area contributed by atoms with Crippen LogP contribution in [0.25, 0.3) is 0 Å². The number of hydrazone groups is 1. The first-order valence-electron chi connectivity index (χ1n) is 6.74. The van der Waals surface area contributed by atoms with Gasteiger partial charge in [0.2, 0.25) is 0 Å². The fourth-order valence-corrected chi connectivity index (χ4v) is 2.47. The van der Waals surface area contributed by atoms with Crippen LogP contribution in [-0.4, -0.2) is 12.3 Å². The first-order valence-corrected chi connectivity index (χ1v) is 6.74. The minimum Gasteiger partial charge on any atom is -0.325 e. The number of benzene rings is 2. The van der Waals surface area contributed by atoms with Gasteiger partial charge in [-0.2, -0.15) is 5.10 Å². The molecule has 0 saturated carbocycles. The molecule has 1 unspecified atom stereocenters. The van der Waals surface area contributed by atoms with Gasteiger partial charge in [0.05, 0.1) is 17.4 Å². The fraction of sp³-hybridized carbons (Fsp3) is 0.188. The fourth-order valence-electron chi connectivity index (χ4n) is 2.47. The van der Waals surface area contributed by atoms with Gasteiger partial charge in [-0.3, -0.25) is 5.01 Å². The second kappa shape index (κ2) is 5.61. The highest BCUT2D eigenvalue weighted by Gasteiger charge is 2.28. The zero-order chi connectivity index (χ0) is 14.8. The Hall–Kier alpha value is -2.27. The summed E-state index contributed by atoms with van der Waals surface area (Å²) in [5.41, 5.74) is 8.29.